The maximum Gasteiger partial charge on any atom is 0.416 e. The first-order chi connectivity index (χ1) is 9.50. The third-order valence-corrected chi connectivity index (χ3v) is 2.88. The van der Waals surface area contributed by atoms with Gasteiger partial charge in [-0.25, -0.2) is 0 Å². The largest absolute Gasteiger partial charge is 0.416 e. The molecular weight excluding hydrogens is 304 g/mol. The molecule has 1 fully saturated rings. The third kappa shape index (κ3) is 3.01. The first-order valence-corrected chi connectivity index (χ1v) is 5.65. The number of nitrogens with zero attached hydrogens (tertiary/aromatic N) is 1. The summed E-state index contributed by atoms with van der Waals surface area (Å²) in [6, 6.07) is 0.654. The van der Waals surface area contributed by atoms with Gasteiger partial charge < -0.3 is 0 Å². The minimum Gasteiger partial charge on any atom is -0.274 e. The summed E-state index contributed by atoms with van der Waals surface area (Å²) < 4.78 is 76.0. The van der Waals surface area contributed by atoms with Crippen LogP contribution in [0.4, 0.5) is 32.0 Å². The second-order valence-corrected chi connectivity index (χ2v) is 4.39. The van der Waals surface area contributed by atoms with Crippen molar-refractivity contribution in [3.8, 4) is 0 Å². The molecule has 1 aromatic rings. The molecule has 0 bridgehead atoms. The van der Waals surface area contributed by atoms with Crippen molar-refractivity contribution in [3.63, 3.8) is 0 Å². The lowest BCUT2D eigenvalue weighted by atomic mass is 10.1. The fraction of sp³-hybridized carbons (Fsp3) is 0.333. The Labute approximate surface area is 114 Å². The van der Waals surface area contributed by atoms with Crippen molar-refractivity contribution in [2.45, 2.75) is 25.2 Å². The molecule has 1 aliphatic heterocycles. The van der Waals surface area contributed by atoms with E-state index in [4.69, 9.17) is 0 Å². The van der Waals surface area contributed by atoms with Crippen LogP contribution in [0.1, 0.15) is 24.0 Å². The molecule has 9 heteroatoms. The van der Waals surface area contributed by atoms with E-state index in [9.17, 15) is 35.9 Å². The Balaban J connectivity index is 2.61. The number of carbonyl (C=O) groups is 2. The normalized spacial score (nSPS) is 16.8. The number of amides is 2. The van der Waals surface area contributed by atoms with Crippen LogP contribution in [0.2, 0.25) is 0 Å². The van der Waals surface area contributed by atoms with Crippen molar-refractivity contribution in [3.05, 3.63) is 29.3 Å². The van der Waals surface area contributed by atoms with Gasteiger partial charge in [0.25, 0.3) is 0 Å². The van der Waals surface area contributed by atoms with Gasteiger partial charge in [0.1, 0.15) is 0 Å². The van der Waals surface area contributed by atoms with Crippen LogP contribution in [0.15, 0.2) is 18.2 Å². The van der Waals surface area contributed by atoms with E-state index in [-0.39, 0.29) is 18.9 Å². The lowest BCUT2D eigenvalue weighted by Gasteiger charge is -2.19. The fourth-order valence-corrected chi connectivity index (χ4v) is 1.93. The zero-order chi connectivity index (χ0) is 16.0. The van der Waals surface area contributed by atoms with E-state index < -0.39 is 41.0 Å². The van der Waals surface area contributed by atoms with Gasteiger partial charge >= 0.3 is 12.4 Å². The Morgan fingerprint density at radius 2 is 1.14 bits per heavy atom. The second kappa shape index (κ2) is 4.74. The molecule has 1 aromatic carbocycles. The highest BCUT2D eigenvalue weighted by Gasteiger charge is 2.39. The molecule has 0 unspecified atom stereocenters. The van der Waals surface area contributed by atoms with Gasteiger partial charge in [-0.2, -0.15) is 26.3 Å². The Kier molecular flexibility index (Phi) is 3.46. The molecule has 0 aliphatic carbocycles. The number of carbonyl (C=O) groups excluding carboxylic acids is 2. The van der Waals surface area contributed by atoms with Crippen LogP contribution in [0.5, 0.6) is 0 Å². The number of halogens is 6. The highest BCUT2D eigenvalue weighted by atomic mass is 19.4. The van der Waals surface area contributed by atoms with E-state index in [0.717, 1.165) is 0 Å². The summed E-state index contributed by atoms with van der Waals surface area (Å²) in [5, 5.41) is 0. The predicted octanol–water partition coefficient (Wildman–Crippen LogP) is 3.38. The maximum atomic E-state index is 12.7. The van der Waals surface area contributed by atoms with Gasteiger partial charge in [-0.05, 0) is 18.2 Å². The zero-order valence-electron chi connectivity index (χ0n) is 10.2. The molecule has 114 valence electrons. The minimum absolute atomic E-state index is 0.0610. The van der Waals surface area contributed by atoms with Crippen LogP contribution in [-0.4, -0.2) is 11.8 Å². The van der Waals surface area contributed by atoms with Crippen LogP contribution in [0.25, 0.3) is 0 Å². The number of hydrogen-bond acceptors (Lipinski definition) is 2. The summed E-state index contributed by atoms with van der Waals surface area (Å²) >= 11 is 0. The Bertz CT molecular complexity index is 556. The number of hydrogen-bond donors (Lipinski definition) is 0. The molecule has 0 spiro atoms. The molecule has 1 heterocycles. The van der Waals surface area contributed by atoms with Crippen molar-refractivity contribution < 1.29 is 35.9 Å². The molecule has 0 aromatic heterocycles. The zero-order valence-corrected chi connectivity index (χ0v) is 10.2. The second-order valence-electron chi connectivity index (χ2n) is 4.39. The van der Waals surface area contributed by atoms with Gasteiger partial charge in [0.2, 0.25) is 11.8 Å². The number of imide groups is 1. The third-order valence-electron chi connectivity index (χ3n) is 2.88. The number of anilines is 1. The molecule has 0 saturated carbocycles. The van der Waals surface area contributed by atoms with Crippen LogP contribution in [0.3, 0.4) is 0 Å². The molecule has 2 rings (SSSR count). The Morgan fingerprint density at radius 1 is 0.762 bits per heavy atom. The van der Waals surface area contributed by atoms with Crippen molar-refractivity contribution >= 4 is 17.5 Å². The molecule has 1 aliphatic rings. The summed E-state index contributed by atoms with van der Waals surface area (Å²) in [6.45, 7) is 0. The van der Waals surface area contributed by atoms with E-state index in [1.807, 2.05) is 0 Å². The quantitative estimate of drug-likeness (QED) is 0.589. The van der Waals surface area contributed by atoms with Crippen LogP contribution < -0.4 is 4.90 Å². The smallest absolute Gasteiger partial charge is 0.274 e. The Hall–Kier alpha value is -2.06. The van der Waals surface area contributed by atoms with Crippen LogP contribution >= 0.6 is 0 Å². The van der Waals surface area contributed by atoms with Crippen molar-refractivity contribution in [1.29, 1.82) is 0 Å². The summed E-state index contributed by atoms with van der Waals surface area (Å²) in [7, 11) is 0. The Morgan fingerprint density at radius 3 is 1.48 bits per heavy atom. The van der Waals surface area contributed by atoms with Crippen LogP contribution in [0, 0.1) is 0 Å². The molecular formula is C12H7F6NO2. The predicted molar refractivity (Wildman–Crippen MR) is 58.2 cm³/mol. The van der Waals surface area contributed by atoms with E-state index in [1.54, 1.807) is 0 Å². The SMILES string of the molecule is O=C1CCC(=O)N1c1cc(C(F)(F)F)cc(C(F)(F)F)c1. The van der Waals surface area contributed by atoms with Crippen molar-refractivity contribution in [2.75, 3.05) is 4.90 Å². The summed E-state index contributed by atoms with van der Waals surface area (Å²) in [4.78, 5) is 23.3. The molecule has 3 nitrogen and oxygen atoms in total. The fourth-order valence-electron chi connectivity index (χ4n) is 1.93. The number of benzene rings is 1. The first kappa shape index (κ1) is 15.3. The van der Waals surface area contributed by atoms with Gasteiger partial charge in [0, 0.05) is 12.8 Å². The highest BCUT2D eigenvalue weighted by molar-refractivity contribution is 6.19. The molecule has 0 atom stereocenters. The molecule has 1 saturated heterocycles. The average Bonchev–Trinajstić information content (AvgIpc) is 2.66. The summed E-state index contributed by atoms with van der Waals surface area (Å²) in [5.74, 6) is -1.65. The topological polar surface area (TPSA) is 37.4 Å². The van der Waals surface area contributed by atoms with E-state index >= 15 is 0 Å². The highest BCUT2D eigenvalue weighted by Crippen LogP contribution is 2.39. The van der Waals surface area contributed by atoms with Gasteiger partial charge in [0.15, 0.2) is 0 Å². The number of alkyl halides is 6. The first-order valence-electron chi connectivity index (χ1n) is 5.65. The average molecular weight is 311 g/mol. The molecule has 21 heavy (non-hydrogen) atoms. The van der Waals surface area contributed by atoms with E-state index in [2.05, 4.69) is 0 Å². The molecule has 0 radical (unpaired) electrons. The van der Waals surface area contributed by atoms with Crippen molar-refractivity contribution in [2.24, 2.45) is 0 Å². The van der Waals surface area contributed by atoms with E-state index in [0.29, 0.717) is 17.0 Å². The molecule has 0 N–H and O–H groups in total. The maximum absolute atomic E-state index is 12.7. The van der Waals surface area contributed by atoms with Gasteiger partial charge in [-0.15, -0.1) is 0 Å². The lowest BCUT2D eigenvalue weighted by molar-refractivity contribution is -0.143. The number of rotatable bonds is 1. The van der Waals surface area contributed by atoms with Gasteiger partial charge in [-0.3, -0.25) is 14.5 Å². The monoisotopic (exact) mass is 311 g/mol. The van der Waals surface area contributed by atoms with Gasteiger partial charge in [0.05, 0.1) is 16.8 Å². The lowest BCUT2D eigenvalue weighted by Crippen LogP contribution is -2.29. The summed E-state index contributed by atoms with van der Waals surface area (Å²) in [6.07, 6.45) is -10.5. The van der Waals surface area contributed by atoms with Gasteiger partial charge in [-0.1, -0.05) is 0 Å². The molecule has 2 amide bonds. The van der Waals surface area contributed by atoms with Crippen LogP contribution in [-0.2, 0) is 21.9 Å². The van der Waals surface area contributed by atoms with Crippen molar-refractivity contribution in [1.82, 2.24) is 0 Å². The van der Waals surface area contributed by atoms with E-state index in [1.165, 1.54) is 0 Å². The minimum atomic E-state index is -5.03. The standard InChI is InChI=1S/C12H7F6NO2/c13-11(14,15)6-3-7(12(16,17)18)5-8(4-6)19-9(20)1-2-10(19)21/h3-5H,1-2H2. The summed E-state index contributed by atoms with van der Waals surface area (Å²) in [5.41, 5.74) is -3.86.